The summed E-state index contributed by atoms with van der Waals surface area (Å²) in [4.78, 5) is 17.0. The molecule has 1 amide bonds. The third-order valence-corrected chi connectivity index (χ3v) is 5.26. The van der Waals surface area contributed by atoms with Gasteiger partial charge < -0.3 is 9.32 Å². The summed E-state index contributed by atoms with van der Waals surface area (Å²) < 4.78 is 7.32. The molecule has 0 radical (unpaired) electrons. The molecule has 0 N–H and O–H groups in total. The Morgan fingerprint density at radius 2 is 1.71 bits per heavy atom. The fourth-order valence-electron chi connectivity index (χ4n) is 3.15. The third-order valence-electron chi connectivity index (χ3n) is 4.71. The molecule has 1 saturated heterocycles. The van der Waals surface area contributed by atoms with Gasteiger partial charge in [-0.25, -0.2) is 4.68 Å². The SMILES string of the molecule is O=C(c1ccc(Cl)cc1)N1CCN(Cn2nc(-c3ccccc3)oc2=S)CC1. The minimum atomic E-state index is 0.0285. The van der Waals surface area contributed by atoms with Crippen molar-refractivity contribution < 1.29 is 9.21 Å². The van der Waals surface area contributed by atoms with Gasteiger partial charge in [-0.15, -0.1) is 5.10 Å². The van der Waals surface area contributed by atoms with Crippen LogP contribution >= 0.6 is 23.8 Å². The zero-order chi connectivity index (χ0) is 19.5. The highest BCUT2D eigenvalue weighted by atomic mass is 35.5. The Morgan fingerprint density at radius 3 is 2.39 bits per heavy atom. The molecule has 6 nitrogen and oxygen atoms in total. The first-order valence-electron chi connectivity index (χ1n) is 9.01. The molecule has 1 aliphatic rings. The molecule has 1 aromatic heterocycles. The number of aromatic nitrogens is 2. The minimum Gasteiger partial charge on any atom is -0.409 e. The van der Waals surface area contributed by atoms with E-state index in [1.807, 2.05) is 35.2 Å². The Bertz CT molecular complexity index is 1010. The van der Waals surface area contributed by atoms with Gasteiger partial charge in [0.1, 0.15) is 0 Å². The van der Waals surface area contributed by atoms with Crippen LogP contribution in [0.4, 0.5) is 0 Å². The van der Waals surface area contributed by atoms with Gasteiger partial charge in [-0.2, -0.15) is 0 Å². The van der Waals surface area contributed by atoms with Crippen LogP contribution < -0.4 is 0 Å². The molecule has 1 fully saturated rings. The average molecular weight is 415 g/mol. The topological polar surface area (TPSA) is 54.5 Å². The number of amides is 1. The molecule has 0 unspecified atom stereocenters. The van der Waals surface area contributed by atoms with Gasteiger partial charge >= 0.3 is 0 Å². The highest BCUT2D eigenvalue weighted by molar-refractivity contribution is 7.71. The van der Waals surface area contributed by atoms with Crippen molar-refractivity contribution in [1.82, 2.24) is 19.6 Å². The zero-order valence-corrected chi connectivity index (χ0v) is 16.7. The van der Waals surface area contributed by atoms with Crippen LogP contribution in [-0.4, -0.2) is 51.7 Å². The van der Waals surface area contributed by atoms with Gasteiger partial charge in [-0.3, -0.25) is 9.69 Å². The van der Waals surface area contributed by atoms with Crippen molar-refractivity contribution in [2.24, 2.45) is 0 Å². The quantitative estimate of drug-likeness (QED) is 0.605. The standard InChI is InChI=1S/C20H19ClN4O2S/c21-17-8-6-16(7-9-17)19(26)24-12-10-23(11-13-24)14-25-20(28)27-18(22-25)15-4-2-1-3-5-15/h1-9H,10-14H2. The second-order valence-electron chi connectivity index (χ2n) is 6.60. The molecule has 0 aliphatic carbocycles. The predicted molar refractivity (Wildman–Crippen MR) is 110 cm³/mol. The summed E-state index contributed by atoms with van der Waals surface area (Å²) in [5.41, 5.74) is 1.55. The Kier molecular flexibility index (Phi) is 5.57. The van der Waals surface area contributed by atoms with Gasteiger partial charge in [0.05, 0.1) is 6.67 Å². The van der Waals surface area contributed by atoms with Gasteiger partial charge in [0.25, 0.3) is 10.7 Å². The number of nitrogens with zero attached hydrogens (tertiary/aromatic N) is 4. The van der Waals surface area contributed by atoms with Crippen LogP contribution in [0.5, 0.6) is 0 Å². The van der Waals surface area contributed by atoms with Crippen molar-refractivity contribution in [3.63, 3.8) is 0 Å². The molecule has 0 saturated carbocycles. The van der Waals surface area contributed by atoms with E-state index in [1.165, 1.54) is 0 Å². The number of benzene rings is 2. The normalized spacial score (nSPS) is 15.0. The van der Waals surface area contributed by atoms with E-state index >= 15 is 0 Å². The average Bonchev–Trinajstić information content (AvgIpc) is 3.10. The fourth-order valence-corrected chi connectivity index (χ4v) is 3.45. The first-order valence-corrected chi connectivity index (χ1v) is 9.79. The number of hydrogen-bond acceptors (Lipinski definition) is 5. The molecule has 28 heavy (non-hydrogen) atoms. The van der Waals surface area contributed by atoms with E-state index < -0.39 is 0 Å². The van der Waals surface area contributed by atoms with Crippen LogP contribution in [0.1, 0.15) is 10.4 Å². The molecule has 0 bridgehead atoms. The van der Waals surface area contributed by atoms with Crippen molar-refractivity contribution in [3.05, 3.63) is 70.0 Å². The largest absolute Gasteiger partial charge is 0.409 e. The molecule has 8 heteroatoms. The van der Waals surface area contributed by atoms with E-state index in [-0.39, 0.29) is 5.91 Å². The Hall–Kier alpha value is -2.48. The van der Waals surface area contributed by atoms with E-state index in [9.17, 15) is 4.79 Å². The second-order valence-corrected chi connectivity index (χ2v) is 7.38. The number of rotatable bonds is 4. The number of piperazine rings is 1. The first kappa shape index (κ1) is 18.9. The fraction of sp³-hybridized carbons (Fsp3) is 0.250. The van der Waals surface area contributed by atoms with Crippen LogP contribution in [-0.2, 0) is 6.67 Å². The summed E-state index contributed by atoms with van der Waals surface area (Å²) in [6.07, 6.45) is 0. The summed E-state index contributed by atoms with van der Waals surface area (Å²) in [5.74, 6) is 0.544. The molecule has 0 atom stereocenters. The number of halogens is 1. The Balaban J connectivity index is 1.37. The second kappa shape index (κ2) is 8.26. The summed E-state index contributed by atoms with van der Waals surface area (Å²) in [5, 5.41) is 5.12. The maximum absolute atomic E-state index is 12.6. The first-order chi connectivity index (χ1) is 13.6. The number of carbonyl (C=O) groups is 1. The van der Waals surface area contributed by atoms with E-state index in [0.29, 0.717) is 41.1 Å². The molecular weight excluding hydrogens is 396 g/mol. The van der Waals surface area contributed by atoms with Crippen LogP contribution in [0, 0.1) is 4.84 Å². The summed E-state index contributed by atoms with van der Waals surface area (Å²) >= 11 is 11.2. The van der Waals surface area contributed by atoms with Crippen molar-refractivity contribution in [1.29, 1.82) is 0 Å². The number of carbonyl (C=O) groups excluding carboxylic acids is 1. The van der Waals surface area contributed by atoms with Gasteiger partial charge in [-0.05, 0) is 48.6 Å². The highest BCUT2D eigenvalue weighted by Gasteiger charge is 2.23. The van der Waals surface area contributed by atoms with Crippen molar-refractivity contribution in [2.45, 2.75) is 6.67 Å². The van der Waals surface area contributed by atoms with E-state index in [0.717, 1.165) is 18.7 Å². The molecule has 3 aromatic rings. The van der Waals surface area contributed by atoms with E-state index in [4.69, 9.17) is 28.2 Å². The van der Waals surface area contributed by atoms with Crippen LogP contribution in [0.25, 0.3) is 11.5 Å². The Labute approximate surface area is 172 Å². The minimum absolute atomic E-state index is 0.0285. The van der Waals surface area contributed by atoms with E-state index in [2.05, 4.69) is 10.00 Å². The lowest BCUT2D eigenvalue weighted by molar-refractivity contribution is 0.0583. The monoisotopic (exact) mass is 414 g/mol. The maximum atomic E-state index is 12.6. The smallest absolute Gasteiger partial charge is 0.288 e. The van der Waals surface area contributed by atoms with Crippen LogP contribution in [0.3, 0.4) is 0 Å². The van der Waals surface area contributed by atoms with Crippen molar-refractivity contribution in [3.8, 4) is 11.5 Å². The predicted octanol–water partition coefficient (Wildman–Crippen LogP) is 3.94. The molecule has 2 heterocycles. The molecule has 4 rings (SSSR count). The van der Waals surface area contributed by atoms with Crippen molar-refractivity contribution in [2.75, 3.05) is 26.2 Å². The van der Waals surface area contributed by atoms with Crippen LogP contribution in [0.15, 0.2) is 59.0 Å². The van der Waals surface area contributed by atoms with Gasteiger partial charge in [0.2, 0.25) is 5.89 Å². The highest BCUT2D eigenvalue weighted by Crippen LogP contribution is 2.18. The lowest BCUT2D eigenvalue weighted by atomic mass is 10.2. The lowest BCUT2D eigenvalue weighted by Gasteiger charge is -2.34. The molecule has 144 valence electrons. The molecule has 0 spiro atoms. The summed E-state index contributed by atoms with van der Waals surface area (Å²) in [6, 6.07) is 16.7. The number of hydrogen-bond donors (Lipinski definition) is 0. The molecule has 1 aliphatic heterocycles. The van der Waals surface area contributed by atoms with Gasteiger partial charge in [-0.1, -0.05) is 29.8 Å². The molecule has 2 aromatic carbocycles. The maximum Gasteiger partial charge on any atom is 0.288 e. The summed E-state index contributed by atoms with van der Waals surface area (Å²) in [6.45, 7) is 3.33. The van der Waals surface area contributed by atoms with Crippen LogP contribution in [0.2, 0.25) is 5.02 Å². The van der Waals surface area contributed by atoms with E-state index in [1.54, 1.807) is 28.9 Å². The lowest BCUT2D eigenvalue weighted by Crippen LogP contribution is -2.49. The third kappa shape index (κ3) is 4.16. The Morgan fingerprint density at radius 1 is 1.04 bits per heavy atom. The van der Waals surface area contributed by atoms with Gasteiger partial charge in [0, 0.05) is 42.3 Å². The zero-order valence-electron chi connectivity index (χ0n) is 15.1. The summed E-state index contributed by atoms with van der Waals surface area (Å²) in [7, 11) is 0. The molecular formula is C20H19ClN4O2S. The van der Waals surface area contributed by atoms with Gasteiger partial charge in [0.15, 0.2) is 0 Å². The van der Waals surface area contributed by atoms with Crippen molar-refractivity contribution >= 4 is 29.7 Å².